The maximum absolute atomic E-state index is 12.5. The third-order valence-electron chi connectivity index (χ3n) is 4.87. The van der Waals surface area contributed by atoms with Crippen LogP contribution in [0, 0.1) is 5.41 Å². The molecule has 2 aliphatic rings. The maximum atomic E-state index is 12.5. The van der Waals surface area contributed by atoms with E-state index in [4.69, 9.17) is 0 Å². The van der Waals surface area contributed by atoms with Crippen molar-refractivity contribution in [2.75, 3.05) is 31.1 Å². The molecule has 0 radical (unpaired) electrons. The number of likely N-dealkylation sites (tertiary alicyclic amines) is 1. The van der Waals surface area contributed by atoms with Gasteiger partial charge in [-0.05, 0) is 25.3 Å². The quantitative estimate of drug-likeness (QED) is 0.844. The lowest BCUT2D eigenvalue weighted by Crippen LogP contribution is -2.46. The summed E-state index contributed by atoms with van der Waals surface area (Å²) in [5.74, 6) is 0.868. The van der Waals surface area contributed by atoms with Gasteiger partial charge in [0.25, 0.3) is 5.91 Å². The number of rotatable bonds is 2. The minimum atomic E-state index is 0.0659. The van der Waals surface area contributed by atoms with Gasteiger partial charge in [-0.3, -0.25) is 4.79 Å². The summed E-state index contributed by atoms with van der Waals surface area (Å²) in [6.07, 6.45) is 6.91. The number of amides is 1. The standard InChI is InChI=1S/C16H19N5OS/c22-14(13-9-23-12-19-13)20-8-4-16(10-20)3-1-7-21(11-16)15-17-5-2-6-18-15/h2,5-6,9,12H,1,3-4,7-8,10-11H2. The topological polar surface area (TPSA) is 62.2 Å². The molecule has 2 fully saturated rings. The monoisotopic (exact) mass is 329 g/mol. The average Bonchev–Trinajstić information content (AvgIpc) is 3.26. The van der Waals surface area contributed by atoms with E-state index in [2.05, 4.69) is 19.9 Å². The second kappa shape index (κ2) is 5.88. The first-order valence-electron chi connectivity index (χ1n) is 7.95. The van der Waals surface area contributed by atoms with E-state index in [9.17, 15) is 4.79 Å². The Balaban J connectivity index is 1.48. The van der Waals surface area contributed by atoms with Crippen LogP contribution < -0.4 is 4.90 Å². The molecule has 1 amide bonds. The fraction of sp³-hybridized carbons (Fsp3) is 0.500. The van der Waals surface area contributed by atoms with Gasteiger partial charge in [0.05, 0.1) is 5.51 Å². The van der Waals surface area contributed by atoms with Crippen molar-refractivity contribution in [3.8, 4) is 0 Å². The molecule has 2 aromatic heterocycles. The highest BCUT2D eigenvalue weighted by Crippen LogP contribution is 2.40. The minimum absolute atomic E-state index is 0.0659. The van der Waals surface area contributed by atoms with Gasteiger partial charge in [-0.25, -0.2) is 15.0 Å². The second-order valence-corrected chi connectivity index (χ2v) is 7.14. The van der Waals surface area contributed by atoms with Gasteiger partial charge >= 0.3 is 0 Å². The van der Waals surface area contributed by atoms with Crippen molar-refractivity contribution in [2.24, 2.45) is 5.41 Å². The molecule has 1 spiro atoms. The summed E-state index contributed by atoms with van der Waals surface area (Å²) in [6, 6.07) is 1.84. The van der Waals surface area contributed by atoms with Crippen molar-refractivity contribution < 1.29 is 4.79 Å². The highest BCUT2D eigenvalue weighted by Gasteiger charge is 2.43. The van der Waals surface area contributed by atoms with E-state index in [1.165, 1.54) is 11.3 Å². The Morgan fingerprint density at radius 1 is 1.13 bits per heavy atom. The van der Waals surface area contributed by atoms with Crippen molar-refractivity contribution >= 4 is 23.2 Å². The van der Waals surface area contributed by atoms with E-state index in [0.717, 1.165) is 51.4 Å². The van der Waals surface area contributed by atoms with E-state index >= 15 is 0 Å². The van der Waals surface area contributed by atoms with E-state index in [0.29, 0.717) is 5.69 Å². The SMILES string of the molecule is O=C(c1cscn1)N1CCC2(CCCN(c3ncccn3)C2)C1. The summed E-state index contributed by atoms with van der Waals surface area (Å²) in [4.78, 5) is 29.7. The molecule has 4 rings (SSSR count). The van der Waals surface area contributed by atoms with Crippen LogP contribution in [-0.2, 0) is 0 Å². The van der Waals surface area contributed by atoms with Gasteiger partial charge in [0.15, 0.2) is 0 Å². The van der Waals surface area contributed by atoms with Crippen molar-refractivity contribution in [1.82, 2.24) is 19.9 Å². The first kappa shape index (κ1) is 14.6. The maximum Gasteiger partial charge on any atom is 0.273 e. The fourth-order valence-corrected chi connectivity index (χ4v) is 4.28. The highest BCUT2D eigenvalue weighted by atomic mass is 32.1. The van der Waals surface area contributed by atoms with Crippen LogP contribution in [0.15, 0.2) is 29.4 Å². The Morgan fingerprint density at radius 3 is 2.78 bits per heavy atom. The van der Waals surface area contributed by atoms with Gasteiger partial charge in [-0.15, -0.1) is 11.3 Å². The lowest BCUT2D eigenvalue weighted by molar-refractivity contribution is 0.0762. The van der Waals surface area contributed by atoms with Gasteiger partial charge in [-0.1, -0.05) is 0 Å². The minimum Gasteiger partial charge on any atom is -0.340 e. The van der Waals surface area contributed by atoms with Crippen LogP contribution in [0.5, 0.6) is 0 Å². The molecule has 4 heterocycles. The summed E-state index contributed by atoms with van der Waals surface area (Å²) >= 11 is 1.47. The lowest BCUT2D eigenvalue weighted by Gasteiger charge is -2.40. The van der Waals surface area contributed by atoms with Crippen LogP contribution >= 0.6 is 11.3 Å². The number of hydrogen-bond donors (Lipinski definition) is 0. The van der Waals surface area contributed by atoms with E-state index in [1.54, 1.807) is 17.9 Å². The summed E-state index contributed by atoms with van der Waals surface area (Å²) in [5, 5.41) is 1.83. The Kier molecular flexibility index (Phi) is 3.72. The van der Waals surface area contributed by atoms with Gasteiger partial charge in [0.1, 0.15) is 5.69 Å². The molecule has 0 N–H and O–H groups in total. The van der Waals surface area contributed by atoms with Crippen LogP contribution in [-0.4, -0.2) is 51.9 Å². The molecule has 0 aromatic carbocycles. The van der Waals surface area contributed by atoms with Crippen LogP contribution in [0.2, 0.25) is 0 Å². The summed E-state index contributed by atoms with van der Waals surface area (Å²) in [7, 11) is 0. The number of carbonyl (C=O) groups excluding carboxylic acids is 1. The lowest BCUT2D eigenvalue weighted by atomic mass is 9.79. The summed E-state index contributed by atoms with van der Waals surface area (Å²) in [5.41, 5.74) is 2.46. The molecule has 2 saturated heterocycles. The zero-order valence-corrected chi connectivity index (χ0v) is 13.7. The largest absolute Gasteiger partial charge is 0.340 e. The van der Waals surface area contributed by atoms with Crippen LogP contribution in [0.4, 0.5) is 5.95 Å². The number of hydrogen-bond acceptors (Lipinski definition) is 6. The molecule has 23 heavy (non-hydrogen) atoms. The number of aromatic nitrogens is 3. The average molecular weight is 329 g/mol. The summed E-state index contributed by atoms with van der Waals surface area (Å²) < 4.78 is 0. The molecule has 2 aliphatic heterocycles. The van der Waals surface area contributed by atoms with Crippen LogP contribution in [0.3, 0.4) is 0 Å². The molecule has 2 aromatic rings. The molecule has 0 saturated carbocycles. The molecule has 0 bridgehead atoms. The van der Waals surface area contributed by atoms with Gasteiger partial charge in [-0.2, -0.15) is 0 Å². The number of piperidine rings is 1. The molecule has 7 heteroatoms. The predicted octanol–water partition coefficient (Wildman–Crippen LogP) is 2.07. The van der Waals surface area contributed by atoms with Crippen molar-refractivity contribution in [1.29, 1.82) is 0 Å². The molecule has 6 nitrogen and oxygen atoms in total. The van der Waals surface area contributed by atoms with E-state index in [1.807, 2.05) is 16.3 Å². The van der Waals surface area contributed by atoms with Crippen molar-refractivity contribution in [3.63, 3.8) is 0 Å². The van der Waals surface area contributed by atoms with Gasteiger partial charge in [0.2, 0.25) is 5.95 Å². The number of carbonyl (C=O) groups is 1. The first-order chi connectivity index (χ1) is 11.3. The Morgan fingerprint density at radius 2 is 2.00 bits per heavy atom. The predicted molar refractivity (Wildman–Crippen MR) is 88.5 cm³/mol. The Labute approximate surface area is 139 Å². The molecular formula is C16H19N5OS. The smallest absolute Gasteiger partial charge is 0.273 e. The van der Waals surface area contributed by atoms with Gasteiger partial charge < -0.3 is 9.80 Å². The zero-order chi connectivity index (χ0) is 15.7. The zero-order valence-electron chi connectivity index (χ0n) is 12.9. The van der Waals surface area contributed by atoms with Crippen molar-refractivity contribution in [3.05, 3.63) is 35.0 Å². The Hall–Kier alpha value is -2.02. The molecule has 1 atom stereocenters. The molecule has 0 aliphatic carbocycles. The third-order valence-corrected chi connectivity index (χ3v) is 5.46. The van der Waals surface area contributed by atoms with Crippen molar-refractivity contribution in [2.45, 2.75) is 19.3 Å². The Bertz CT molecular complexity index is 677. The fourth-order valence-electron chi connectivity index (χ4n) is 3.75. The normalized spacial score (nSPS) is 24.3. The molecular weight excluding hydrogens is 310 g/mol. The third kappa shape index (κ3) is 2.81. The van der Waals surface area contributed by atoms with E-state index < -0.39 is 0 Å². The van der Waals surface area contributed by atoms with Crippen LogP contribution in [0.25, 0.3) is 0 Å². The number of nitrogens with zero attached hydrogens (tertiary/aromatic N) is 5. The highest BCUT2D eigenvalue weighted by molar-refractivity contribution is 7.07. The summed E-state index contributed by atoms with van der Waals surface area (Å²) in [6.45, 7) is 3.55. The van der Waals surface area contributed by atoms with E-state index in [-0.39, 0.29) is 11.3 Å². The first-order valence-corrected chi connectivity index (χ1v) is 8.90. The number of anilines is 1. The molecule has 1 unspecified atom stereocenters. The molecule has 120 valence electrons. The number of thiazole rings is 1. The van der Waals surface area contributed by atoms with Gasteiger partial charge in [0, 0.05) is 49.4 Å². The second-order valence-electron chi connectivity index (χ2n) is 6.42. The van der Waals surface area contributed by atoms with Crippen LogP contribution in [0.1, 0.15) is 29.8 Å².